The fraction of sp³-hybridized carbons (Fsp3) is 0.200. The number of nitrogens with zero attached hydrogens (tertiary/aromatic N) is 1. The summed E-state index contributed by atoms with van der Waals surface area (Å²) in [7, 11) is 0. The Morgan fingerprint density at radius 3 is 3.05 bits per heavy atom. The zero-order valence-corrected chi connectivity index (χ0v) is 12.0. The van der Waals surface area contributed by atoms with Crippen LogP contribution in [0, 0.1) is 5.82 Å². The van der Waals surface area contributed by atoms with Crippen molar-refractivity contribution in [2.24, 2.45) is 0 Å². The number of fused-ring (bicyclic) bond motifs is 1. The van der Waals surface area contributed by atoms with Gasteiger partial charge in [-0.2, -0.15) is 0 Å². The first kappa shape index (κ1) is 13.9. The summed E-state index contributed by atoms with van der Waals surface area (Å²) in [5.41, 5.74) is -1.04. The number of halogens is 1. The largest absolute Gasteiger partial charge is 0.490 e. The topological polar surface area (TPSA) is 59.4 Å². The maximum Gasteiger partial charge on any atom is 0.219 e. The van der Waals surface area contributed by atoms with Crippen LogP contribution in [-0.4, -0.2) is 22.5 Å². The van der Waals surface area contributed by atoms with Gasteiger partial charge in [0.15, 0.2) is 11.4 Å². The van der Waals surface area contributed by atoms with Crippen LogP contribution in [0.15, 0.2) is 42.2 Å². The third-order valence-corrected chi connectivity index (χ3v) is 4.25. The molecule has 0 spiro atoms. The van der Waals surface area contributed by atoms with Crippen LogP contribution in [0.2, 0.25) is 0 Å². The van der Waals surface area contributed by atoms with Crippen molar-refractivity contribution in [2.75, 3.05) is 6.61 Å². The van der Waals surface area contributed by atoms with E-state index < -0.39 is 5.60 Å². The van der Waals surface area contributed by atoms with Crippen molar-refractivity contribution in [3.05, 3.63) is 53.0 Å². The second-order valence-corrected chi connectivity index (χ2v) is 5.63. The van der Waals surface area contributed by atoms with Gasteiger partial charge in [0.1, 0.15) is 10.8 Å². The monoisotopic (exact) mass is 305 g/mol. The van der Waals surface area contributed by atoms with Gasteiger partial charge < -0.3 is 9.84 Å². The van der Waals surface area contributed by atoms with E-state index in [1.165, 1.54) is 41.7 Å². The lowest BCUT2D eigenvalue weighted by atomic mass is 9.97. The molecule has 0 fully saturated rings. The number of carbonyl (C=O) groups excluding carboxylic acids is 1. The van der Waals surface area contributed by atoms with Crippen LogP contribution in [0.5, 0.6) is 0 Å². The number of benzene rings is 1. The van der Waals surface area contributed by atoms with Crippen molar-refractivity contribution in [3.8, 4) is 0 Å². The molecule has 3 rings (SSSR count). The van der Waals surface area contributed by atoms with Crippen molar-refractivity contribution < 1.29 is 19.0 Å². The Kier molecular flexibility index (Phi) is 3.35. The smallest absolute Gasteiger partial charge is 0.219 e. The van der Waals surface area contributed by atoms with Gasteiger partial charge in [0.2, 0.25) is 5.78 Å². The quantitative estimate of drug-likeness (QED) is 0.947. The molecule has 0 bridgehead atoms. The number of hydrogen-bond donors (Lipinski definition) is 1. The first-order valence-corrected chi connectivity index (χ1v) is 7.21. The molecule has 1 unspecified atom stereocenters. The molecular weight excluding hydrogens is 293 g/mol. The minimum absolute atomic E-state index is 0.0907. The molecule has 0 aliphatic heterocycles. The van der Waals surface area contributed by atoms with Crippen molar-refractivity contribution in [1.29, 1.82) is 0 Å². The van der Waals surface area contributed by atoms with E-state index in [-0.39, 0.29) is 17.4 Å². The number of hydrogen-bond acceptors (Lipinski definition) is 5. The van der Waals surface area contributed by atoms with Gasteiger partial charge in [-0.3, -0.25) is 4.79 Å². The van der Waals surface area contributed by atoms with E-state index in [0.29, 0.717) is 17.1 Å². The lowest BCUT2D eigenvalue weighted by molar-refractivity contribution is -0.115. The number of ketones is 1. The van der Waals surface area contributed by atoms with Gasteiger partial charge in [-0.15, -0.1) is 11.3 Å². The molecule has 2 aromatic rings. The molecule has 21 heavy (non-hydrogen) atoms. The van der Waals surface area contributed by atoms with E-state index in [2.05, 4.69) is 4.98 Å². The number of carbonyl (C=O) groups is 1. The van der Waals surface area contributed by atoms with E-state index in [0.717, 1.165) is 4.70 Å². The fourth-order valence-corrected chi connectivity index (χ4v) is 3.07. The van der Waals surface area contributed by atoms with Gasteiger partial charge in [-0.25, -0.2) is 9.37 Å². The highest BCUT2D eigenvalue weighted by atomic mass is 32.1. The molecule has 1 heterocycles. The maximum atomic E-state index is 13.2. The zero-order chi connectivity index (χ0) is 15.0. The predicted molar refractivity (Wildman–Crippen MR) is 77.3 cm³/mol. The minimum Gasteiger partial charge on any atom is -0.490 e. The summed E-state index contributed by atoms with van der Waals surface area (Å²) in [6.45, 7) is 2.08. The molecule has 1 N–H and O–H groups in total. The molecule has 0 amide bonds. The van der Waals surface area contributed by atoms with Crippen molar-refractivity contribution in [1.82, 2.24) is 4.98 Å². The molecule has 0 saturated carbocycles. The van der Waals surface area contributed by atoms with Crippen LogP contribution in [0.3, 0.4) is 0 Å². The second kappa shape index (κ2) is 5.05. The first-order valence-electron chi connectivity index (χ1n) is 6.40. The van der Waals surface area contributed by atoms with Crippen LogP contribution in [0.4, 0.5) is 4.39 Å². The Labute approximate surface area is 124 Å². The Bertz CT molecular complexity index is 780. The normalized spacial score (nSPS) is 21.7. The fourth-order valence-electron chi connectivity index (χ4n) is 2.08. The van der Waals surface area contributed by atoms with Gasteiger partial charge in [-0.05, 0) is 31.2 Å². The molecule has 1 aliphatic carbocycles. The highest BCUT2D eigenvalue weighted by Gasteiger charge is 2.33. The average Bonchev–Trinajstić information content (AvgIpc) is 2.87. The van der Waals surface area contributed by atoms with Crippen LogP contribution >= 0.6 is 11.3 Å². The highest BCUT2D eigenvalue weighted by molar-refractivity contribution is 7.18. The summed E-state index contributed by atoms with van der Waals surface area (Å²) in [5, 5.41) is 11.1. The molecule has 108 valence electrons. The van der Waals surface area contributed by atoms with E-state index in [4.69, 9.17) is 4.74 Å². The maximum absolute atomic E-state index is 13.2. The van der Waals surface area contributed by atoms with Crippen LogP contribution in [-0.2, 0) is 15.1 Å². The summed E-state index contributed by atoms with van der Waals surface area (Å²) in [4.78, 5) is 15.9. The zero-order valence-electron chi connectivity index (χ0n) is 11.2. The molecule has 1 aliphatic rings. The predicted octanol–water partition coefficient (Wildman–Crippen LogP) is 2.68. The summed E-state index contributed by atoms with van der Waals surface area (Å²) >= 11 is 1.24. The van der Waals surface area contributed by atoms with E-state index >= 15 is 0 Å². The summed E-state index contributed by atoms with van der Waals surface area (Å²) < 4.78 is 19.2. The SMILES string of the molecule is CCOC1=CC(O)(c2nc3cc(F)ccc3s2)C=CC1=O. The van der Waals surface area contributed by atoms with E-state index in [1.807, 2.05) is 0 Å². The number of aliphatic hydroxyl groups is 1. The molecule has 4 nitrogen and oxygen atoms in total. The Hall–Kier alpha value is -2.05. The summed E-state index contributed by atoms with van der Waals surface area (Å²) in [5.74, 6) is -0.590. The number of allylic oxidation sites excluding steroid dienone is 1. The minimum atomic E-state index is -1.52. The van der Waals surface area contributed by atoms with Crippen LogP contribution < -0.4 is 0 Å². The average molecular weight is 305 g/mol. The van der Waals surface area contributed by atoms with E-state index in [9.17, 15) is 14.3 Å². The van der Waals surface area contributed by atoms with Gasteiger partial charge in [0.25, 0.3) is 0 Å². The third-order valence-electron chi connectivity index (χ3n) is 3.07. The highest BCUT2D eigenvalue weighted by Crippen LogP contribution is 2.35. The Morgan fingerprint density at radius 2 is 2.29 bits per heavy atom. The molecule has 1 aromatic heterocycles. The lowest BCUT2D eigenvalue weighted by Gasteiger charge is -2.22. The van der Waals surface area contributed by atoms with Crippen molar-refractivity contribution in [3.63, 3.8) is 0 Å². The molecule has 1 atom stereocenters. The Balaban J connectivity index is 2.07. The molecule has 0 saturated heterocycles. The van der Waals surface area contributed by atoms with Gasteiger partial charge in [0.05, 0.1) is 16.8 Å². The molecule has 6 heteroatoms. The van der Waals surface area contributed by atoms with Crippen LogP contribution in [0.1, 0.15) is 11.9 Å². The van der Waals surface area contributed by atoms with Gasteiger partial charge >= 0.3 is 0 Å². The number of aromatic nitrogens is 1. The summed E-state index contributed by atoms with van der Waals surface area (Å²) in [6.07, 6.45) is 3.97. The summed E-state index contributed by atoms with van der Waals surface area (Å²) in [6, 6.07) is 4.26. The van der Waals surface area contributed by atoms with Gasteiger partial charge in [-0.1, -0.05) is 0 Å². The molecule has 1 aromatic carbocycles. The third kappa shape index (κ3) is 2.48. The molecular formula is C15H12FNO3S. The van der Waals surface area contributed by atoms with E-state index in [1.54, 1.807) is 13.0 Å². The second-order valence-electron chi connectivity index (χ2n) is 4.60. The number of thiazole rings is 1. The van der Waals surface area contributed by atoms with Crippen LogP contribution in [0.25, 0.3) is 10.2 Å². The van der Waals surface area contributed by atoms with Crippen molar-refractivity contribution >= 4 is 27.3 Å². The number of ether oxygens (including phenoxy) is 1. The lowest BCUT2D eigenvalue weighted by Crippen LogP contribution is -2.26. The van der Waals surface area contributed by atoms with Gasteiger partial charge in [0, 0.05) is 12.1 Å². The Morgan fingerprint density at radius 1 is 1.48 bits per heavy atom. The molecule has 0 radical (unpaired) electrons. The number of rotatable bonds is 3. The van der Waals surface area contributed by atoms with Crippen molar-refractivity contribution in [2.45, 2.75) is 12.5 Å². The first-order chi connectivity index (χ1) is 10.0. The standard InChI is InChI=1S/C15H12FNO3S/c1-2-20-12-8-15(19,6-5-11(12)18)14-17-10-7-9(16)3-4-13(10)21-14/h3-8,19H,2H2,1H3.